The van der Waals surface area contributed by atoms with Crippen molar-refractivity contribution >= 4 is 10.8 Å². The van der Waals surface area contributed by atoms with Gasteiger partial charge in [-0.25, -0.2) is 9.97 Å². The predicted octanol–water partition coefficient (Wildman–Crippen LogP) is 9.36. The van der Waals surface area contributed by atoms with Gasteiger partial charge in [0.05, 0.1) is 11.4 Å². The second kappa shape index (κ2) is 10.4. The van der Waals surface area contributed by atoms with E-state index in [0.29, 0.717) is 5.82 Å². The number of fused-ring (bicyclic) bond motifs is 1. The van der Waals surface area contributed by atoms with E-state index in [1.807, 2.05) is 18.3 Å². The maximum atomic E-state index is 5.14. The molecule has 0 saturated heterocycles. The van der Waals surface area contributed by atoms with Crippen LogP contribution in [0.25, 0.3) is 66.9 Å². The van der Waals surface area contributed by atoms with Gasteiger partial charge < -0.3 is 0 Å². The van der Waals surface area contributed by atoms with E-state index in [1.54, 1.807) is 6.20 Å². The minimum atomic E-state index is 0.709. The highest BCUT2D eigenvalue weighted by atomic mass is 14.9. The van der Waals surface area contributed by atoms with Crippen molar-refractivity contribution < 1.29 is 0 Å². The molecule has 5 aromatic carbocycles. The number of hydrogen-bond donors (Lipinski definition) is 0. The van der Waals surface area contributed by atoms with Crippen LogP contribution in [0.3, 0.4) is 0 Å². The summed E-state index contributed by atoms with van der Waals surface area (Å²) in [6, 6.07) is 48.3. The molecule has 0 aliphatic heterocycles. The van der Waals surface area contributed by atoms with E-state index in [4.69, 9.17) is 9.97 Å². The van der Waals surface area contributed by atoms with E-state index in [2.05, 4.69) is 132 Å². The Morgan fingerprint density at radius 3 is 1.70 bits per heavy atom. The predicted molar refractivity (Wildman–Crippen MR) is 165 cm³/mol. The van der Waals surface area contributed by atoms with Crippen molar-refractivity contribution in [3.8, 4) is 56.2 Å². The van der Waals surface area contributed by atoms with Crippen molar-refractivity contribution in [1.29, 1.82) is 0 Å². The van der Waals surface area contributed by atoms with Gasteiger partial charge in [-0.1, -0.05) is 115 Å². The summed E-state index contributed by atoms with van der Waals surface area (Å²) in [4.78, 5) is 14.6. The normalized spacial score (nSPS) is 11.0. The van der Waals surface area contributed by atoms with Crippen LogP contribution in [-0.2, 0) is 0 Å². The summed E-state index contributed by atoms with van der Waals surface area (Å²) < 4.78 is 0. The van der Waals surface area contributed by atoms with Gasteiger partial charge in [0.2, 0.25) is 0 Å². The van der Waals surface area contributed by atoms with E-state index < -0.39 is 0 Å². The highest BCUT2D eigenvalue weighted by Gasteiger charge is 2.14. The van der Waals surface area contributed by atoms with Crippen molar-refractivity contribution in [2.45, 2.75) is 0 Å². The fourth-order valence-electron chi connectivity index (χ4n) is 5.16. The van der Waals surface area contributed by atoms with E-state index in [0.717, 1.165) is 50.2 Å². The Morgan fingerprint density at radius 1 is 0.400 bits per heavy atom. The Labute approximate surface area is 233 Å². The lowest BCUT2D eigenvalue weighted by molar-refractivity contribution is 1.19. The lowest BCUT2D eigenvalue weighted by Gasteiger charge is -2.12. The first kappa shape index (κ1) is 23.7. The fourth-order valence-corrected chi connectivity index (χ4v) is 5.16. The molecule has 0 aliphatic rings. The smallest absolute Gasteiger partial charge is 0.161 e. The van der Waals surface area contributed by atoms with Crippen molar-refractivity contribution in [2.75, 3.05) is 0 Å². The molecule has 0 saturated carbocycles. The van der Waals surface area contributed by atoms with Crippen LogP contribution in [0.4, 0.5) is 0 Å². The second-order valence-electron chi connectivity index (χ2n) is 9.76. The quantitative estimate of drug-likeness (QED) is 0.231. The van der Waals surface area contributed by atoms with Gasteiger partial charge in [0.25, 0.3) is 0 Å². The summed E-state index contributed by atoms with van der Waals surface area (Å²) in [5.41, 5.74) is 9.37. The molecule has 7 rings (SSSR count). The fraction of sp³-hybridized carbons (Fsp3) is 0. The molecule has 188 valence electrons. The van der Waals surface area contributed by atoms with Crippen molar-refractivity contribution in [3.63, 3.8) is 0 Å². The molecular formula is C37H25N3. The molecule has 0 bridgehead atoms. The molecule has 0 amide bonds. The van der Waals surface area contributed by atoms with Gasteiger partial charge in [0.1, 0.15) is 0 Å². The number of rotatable bonds is 5. The van der Waals surface area contributed by atoms with Crippen LogP contribution in [-0.4, -0.2) is 15.0 Å². The topological polar surface area (TPSA) is 38.7 Å². The van der Waals surface area contributed by atoms with Crippen LogP contribution in [0.2, 0.25) is 0 Å². The number of benzene rings is 5. The van der Waals surface area contributed by atoms with Gasteiger partial charge in [0.15, 0.2) is 5.82 Å². The third-order valence-corrected chi connectivity index (χ3v) is 7.18. The third kappa shape index (κ3) is 4.65. The summed E-state index contributed by atoms with van der Waals surface area (Å²) in [7, 11) is 0. The Kier molecular flexibility index (Phi) is 6.15. The molecular weight excluding hydrogens is 486 g/mol. The molecule has 40 heavy (non-hydrogen) atoms. The average Bonchev–Trinajstić information content (AvgIpc) is 3.05. The first-order valence-electron chi connectivity index (χ1n) is 13.4. The first-order valence-corrected chi connectivity index (χ1v) is 13.4. The van der Waals surface area contributed by atoms with Gasteiger partial charge in [-0.2, -0.15) is 0 Å². The van der Waals surface area contributed by atoms with Crippen molar-refractivity contribution in [3.05, 3.63) is 152 Å². The van der Waals surface area contributed by atoms with Crippen LogP contribution in [0.15, 0.2) is 152 Å². The number of pyridine rings is 1. The van der Waals surface area contributed by atoms with Crippen molar-refractivity contribution in [2.24, 2.45) is 0 Å². The first-order chi connectivity index (χ1) is 19.8. The maximum absolute atomic E-state index is 5.14. The standard InChI is InChI=1S/C37H25N3/c1-2-10-26(11-3-1)28-14-6-16-30(22-28)35-24-36(31-17-7-15-29(23-31)32-18-9-21-38-25-32)40-37(39-35)34-20-8-13-27-12-4-5-19-33(27)34/h1-25H. The Morgan fingerprint density at radius 2 is 0.975 bits per heavy atom. The monoisotopic (exact) mass is 511 g/mol. The van der Waals surface area contributed by atoms with Gasteiger partial charge in [-0.3, -0.25) is 4.98 Å². The molecule has 7 aromatic rings. The zero-order valence-corrected chi connectivity index (χ0v) is 21.8. The van der Waals surface area contributed by atoms with Crippen LogP contribution < -0.4 is 0 Å². The summed E-state index contributed by atoms with van der Waals surface area (Å²) in [6.07, 6.45) is 3.69. The molecule has 0 aliphatic carbocycles. The Bertz CT molecular complexity index is 1840. The number of aromatic nitrogens is 3. The molecule has 2 heterocycles. The van der Waals surface area contributed by atoms with Crippen LogP contribution >= 0.6 is 0 Å². The van der Waals surface area contributed by atoms with E-state index in [1.165, 1.54) is 10.9 Å². The zero-order chi connectivity index (χ0) is 26.7. The SMILES string of the molecule is c1ccc(-c2cccc(-c3cc(-c4cccc(-c5cccnc5)c4)nc(-c4cccc5ccccc45)n3)c2)cc1. The van der Waals surface area contributed by atoms with Gasteiger partial charge in [-0.15, -0.1) is 0 Å². The zero-order valence-electron chi connectivity index (χ0n) is 21.8. The molecule has 3 nitrogen and oxygen atoms in total. The van der Waals surface area contributed by atoms with Crippen LogP contribution in [0, 0.1) is 0 Å². The molecule has 0 N–H and O–H groups in total. The molecule has 0 unspecified atom stereocenters. The second-order valence-corrected chi connectivity index (χ2v) is 9.76. The molecule has 0 atom stereocenters. The number of hydrogen-bond acceptors (Lipinski definition) is 3. The Hall–Kier alpha value is -5.41. The molecule has 0 radical (unpaired) electrons. The van der Waals surface area contributed by atoms with Crippen molar-refractivity contribution in [1.82, 2.24) is 15.0 Å². The van der Waals surface area contributed by atoms with Gasteiger partial charge in [0, 0.05) is 34.6 Å². The van der Waals surface area contributed by atoms with E-state index in [-0.39, 0.29) is 0 Å². The van der Waals surface area contributed by atoms with E-state index >= 15 is 0 Å². The van der Waals surface area contributed by atoms with Gasteiger partial charge >= 0.3 is 0 Å². The van der Waals surface area contributed by atoms with E-state index in [9.17, 15) is 0 Å². The van der Waals surface area contributed by atoms with Gasteiger partial charge in [-0.05, 0) is 51.7 Å². The summed E-state index contributed by atoms with van der Waals surface area (Å²) in [5.74, 6) is 0.709. The minimum absolute atomic E-state index is 0.709. The lowest BCUT2D eigenvalue weighted by atomic mass is 9.99. The third-order valence-electron chi connectivity index (χ3n) is 7.18. The molecule has 2 aromatic heterocycles. The molecule has 3 heteroatoms. The van der Waals surface area contributed by atoms with Crippen LogP contribution in [0.5, 0.6) is 0 Å². The maximum Gasteiger partial charge on any atom is 0.161 e. The molecule has 0 spiro atoms. The highest BCUT2D eigenvalue weighted by molar-refractivity contribution is 5.95. The largest absolute Gasteiger partial charge is 0.264 e. The lowest BCUT2D eigenvalue weighted by Crippen LogP contribution is -1.97. The minimum Gasteiger partial charge on any atom is -0.264 e. The van der Waals surface area contributed by atoms with Crippen LogP contribution in [0.1, 0.15) is 0 Å². The summed E-state index contributed by atoms with van der Waals surface area (Å²) >= 11 is 0. The average molecular weight is 512 g/mol. The number of nitrogens with zero attached hydrogens (tertiary/aromatic N) is 3. The summed E-state index contributed by atoms with van der Waals surface area (Å²) in [6.45, 7) is 0. The highest BCUT2D eigenvalue weighted by Crippen LogP contribution is 2.33. The Balaban J connectivity index is 1.42. The summed E-state index contributed by atoms with van der Waals surface area (Å²) in [5, 5.41) is 2.30. The molecule has 0 fully saturated rings.